The van der Waals surface area contributed by atoms with Crippen LogP contribution in [0.2, 0.25) is 0 Å². The second-order valence-corrected chi connectivity index (χ2v) is 5.48. The Labute approximate surface area is 119 Å². The summed E-state index contributed by atoms with van der Waals surface area (Å²) in [6.45, 7) is 0.448. The molecule has 0 unspecified atom stereocenters. The van der Waals surface area contributed by atoms with Gasteiger partial charge >= 0.3 is 6.09 Å². The zero-order valence-electron chi connectivity index (χ0n) is 11.5. The van der Waals surface area contributed by atoms with Gasteiger partial charge in [0.15, 0.2) is 0 Å². The molecule has 1 aromatic carbocycles. The normalized spacial score (nSPS) is 26.0. The highest BCUT2D eigenvalue weighted by Gasteiger charge is 2.32. The van der Waals surface area contributed by atoms with Crippen LogP contribution in [0.1, 0.15) is 31.2 Å². The highest BCUT2D eigenvalue weighted by molar-refractivity contribution is 5.67. The number of aliphatic hydroxyl groups is 1. The Morgan fingerprint density at radius 2 is 2.00 bits per heavy atom. The summed E-state index contributed by atoms with van der Waals surface area (Å²) in [6, 6.07) is 9.65. The predicted octanol–water partition coefficient (Wildman–Crippen LogP) is 1.55. The first-order valence-electron chi connectivity index (χ1n) is 7.00. The summed E-state index contributed by atoms with van der Waals surface area (Å²) in [6.07, 6.45) is 2.31. The van der Waals surface area contributed by atoms with E-state index in [0.717, 1.165) is 18.4 Å². The summed E-state index contributed by atoms with van der Waals surface area (Å²) in [7, 11) is 0. The van der Waals surface area contributed by atoms with E-state index in [1.165, 1.54) is 0 Å². The zero-order chi connectivity index (χ0) is 14.4. The van der Waals surface area contributed by atoms with Gasteiger partial charge in [0.1, 0.15) is 6.61 Å². The highest BCUT2D eigenvalue weighted by Crippen LogP contribution is 2.26. The zero-order valence-corrected chi connectivity index (χ0v) is 11.5. The Kier molecular flexibility index (Phi) is 4.98. The summed E-state index contributed by atoms with van der Waals surface area (Å²) in [5, 5.41) is 12.9. The number of ether oxygens (including phenoxy) is 1. The molecule has 0 aliphatic heterocycles. The summed E-state index contributed by atoms with van der Waals surface area (Å²) < 4.78 is 5.10. The minimum Gasteiger partial charge on any atom is -0.445 e. The fourth-order valence-corrected chi connectivity index (χ4v) is 2.37. The Morgan fingerprint density at radius 3 is 2.65 bits per heavy atom. The molecule has 1 fully saturated rings. The third-order valence-corrected chi connectivity index (χ3v) is 3.74. The van der Waals surface area contributed by atoms with Crippen molar-refractivity contribution in [2.45, 2.75) is 43.9 Å². The fourth-order valence-electron chi connectivity index (χ4n) is 2.37. The van der Waals surface area contributed by atoms with Gasteiger partial charge in [-0.1, -0.05) is 30.3 Å². The molecule has 0 aromatic heterocycles. The van der Waals surface area contributed by atoms with Crippen molar-refractivity contribution in [2.24, 2.45) is 5.73 Å². The predicted molar refractivity (Wildman–Crippen MR) is 76.0 cm³/mol. The largest absolute Gasteiger partial charge is 0.445 e. The van der Waals surface area contributed by atoms with E-state index in [4.69, 9.17) is 10.5 Å². The van der Waals surface area contributed by atoms with Crippen molar-refractivity contribution in [1.82, 2.24) is 5.32 Å². The lowest BCUT2D eigenvalue weighted by Gasteiger charge is -2.34. The molecule has 0 atom stereocenters. The van der Waals surface area contributed by atoms with Gasteiger partial charge in [-0.05, 0) is 31.2 Å². The van der Waals surface area contributed by atoms with Gasteiger partial charge in [0.05, 0.1) is 5.60 Å². The summed E-state index contributed by atoms with van der Waals surface area (Å²) >= 11 is 0. The van der Waals surface area contributed by atoms with Crippen LogP contribution in [0.5, 0.6) is 0 Å². The van der Waals surface area contributed by atoms with Gasteiger partial charge in [-0.15, -0.1) is 0 Å². The van der Waals surface area contributed by atoms with Gasteiger partial charge in [0.25, 0.3) is 0 Å². The van der Waals surface area contributed by atoms with Crippen molar-refractivity contribution in [3.05, 3.63) is 35.9 Å². The van der Waals surface area contributed by atoms with Crippen LogP contribution in [0.25, 0.3) is 0 Å². The molecule has 1 aromatic rings. The van der Waals surface area contributed by atoms with E-state index < -0.39 is 11.7 Å². The molecule has 0 radical (unpaired) electrons. The molecule has 0 spiro atoms. The molecule has 0 bridgehead atoms. The van der Waals surface area contributed by atoms with Crippen molar-refractivity contribution >= 4 is 6.09 Å². The van der Waals surface area contributed by atoms with E-state index in [0.29, 0.717) is 12.8 Å². The first kappa shape index (κ1) is 14.8. The number of nitrogens with one attached hydrogen (secondary N) is 1. The maximum atomic E-state index is 11.6. The van der Waals surface area contributed by atoms with E-state index >= 15 is 0 Å². The number of amides is 1. The standard InChI is InChI=1S/C15H22N2O3/c16-13-6-8-15(19,9-7-13)11-17-14(18)20-10-12-4-2-1-3-5-12/h1-5,13,19H,6-11,16H2,(H,17,18). The minimum atomic E-state index is -0.846. The van der Waals surface area contributed by atoms with E-state index in [1.54, 1.807) is 0 Å². The Bertz CT molecular complexity index is 428. The number of benzene rings is 1. The number of rotatable bonds is 4. The molecule has 4 N–H and O–H groups in total. The average molecular weight is 278 g/mol. The van der Waals surface area contributed by atoms with Crippen molar-refractivity contribution in [1.29, 1.82) is 0 Å². The number of carbonyl (C=O) groups is 1. The Hall–Kier alpha value is -1.59. The Morgan fingerprint density at radius 1 is 1.35 bits per heavy atom. The van der Waals surface area contributed by atoms with Crippen LogP contribution in [0.4, 0.5) is 4.79 Å². The third kappa shape index (κ3) is 4.51. The second-order valence-electron chi connectivity index (χ2n) is 5.48. The van der Waals surface area contributed by atoms with Gasteiger partial charge in [0.2, 0.25) is 0 Å². The summed E-state index contributed by atoms with van der Waals surface area (Å²) in [4.78, 5) is 11.6. The molecule has 1 aliphatic rings. The molecule has 20 heavy (non-hydrogen) atoms. The number of nitrogens with two attached hydrogens (primary N) is 1. The smallest absolute Gasteiger partial charge is 0.407 e. The van der Waals surface area contributed by atoms with Crippen molar-refractivity contribution in [2.75, 3.05) is 6.54 Å². The lowest BCUT2D eigenvalue weighted by Crippen LogP contribution is -2.47. The number of hydrogen-bond acceptors (Lipinski definition) is 4. The van der Waals surface area contributed by atoms with Gasteiger partial charge in [0, 0.05) is 12.6 Å². The lowest BCUT2D eigenvalue weighted by atomic mass is 9.82. The molecule has 5 nitrogen and oxygen atoms in total. The van der Waals surface area contributed by atoms with E-state index in [9.17, 15) is 9.90 Å². The molecular formula is C15H22N2O3. The van der Waals surface area contributed by atoms with Crippen LogP contribution in [-0.2, 0) is 11.3 Å². The first-order chi connectivity index (χ1) is 9.57. The molecule has 1 saturated carbocycles. The van der Waals surface area contributed by atoms with Crippen LogP contribution < -0.4 is 11.1 Å². The van der Waals surface area contributed by atoms with Gasteiger partial charge in [-0.3, -0.25) is 0 Å². The highest BCUT2D eigenvalue weighted by atomic mass is 16.5. The average Bonchev–Trinajstić information content (AvgIpc) is 2.48. The quantitative estimate of drug-likeness (QED) is 0.780. The van der Waals surface area contributed by atoms with E-state index in [1.807, 2.05) is 30.3 Å². The second kappa shape index (κ2) is 6.72. The van der Waals surface area contributed by atoms with Crippen LogP contribution >= 0.6 is 0 Å². The SMILES string of the molecule is NC1CCC(O)(CNC(=O)OCc2ccccc2)CC1. The fraction of sp³-hybridized carbons (Fsp3) is 0.533. The van der Waals surface area contributed by atoms with Crippen LogP contribution in [0.15, 0.2) is 30.3 Å². The van der Waals surface area contributed by atoms with E-state index in [-0.39, 0.29) is 19.2 Å². The summed E-state index contributed by atoms with van der Waals surface area (Å²) in [5.41, 5.74) is 5.89. The molecule has 0 saturated heterocycles. The molecule has 5 heteroatoms. The molecule has 110 valence electrons. The van der Waals surface area contributed by atoms with Crippen LogP contribution in [0.3, 0.4) is 0 Å². The maximum absolute atomic E-state index is 11.6. The molecule has 1 amide bonds. The number of alkyl carbamates (subject to hydrolysis) is 1. The van der Waals surface area contributed by atoms with Crippen LogP contribution in [-0.4, -0.2) is 29.4 Å². The van der Waals surface area contributed by atoms with Crippen molar-refractivity contribution in [3.8, 4) is 0 Å². The maximum Gasteiger partial charge on any atom is 0.407 e. The van der Waals surface area contributed by atoms with Crippen LogP contribution in [0, 0.1) is 0 Å². The topological polar surface area (TPSA) is 84.6 Å². The molecule has 0 heterocycles. The molecule has 1 aliphatic carbocycles. The molecule has 2 rings (SSSR count). The van der Waals surface area contributed by atoms with Crippen molar-refractivity contribution in [3.63, 3.8) is 0 Å². The van der Waals surface area contributed by atoms with Crippen molar-refractivity contribution < 1.29 is 14.6 Å². The Balaban J connectivity index is 1.70. The van der Waals surface area contributed by atoms with Gasteiger partial charge < -0.3 is 20.9 Å². The van der Waals surface area contributed by atoms with Gasteiger partial charge in [-0.25, -0.2) is 4.79 Å². The number of hydrogen-bond donors (Lipinski definition) is 3. The lowest BCUT2D eigenvalue weighted by molar-refractivity contribution is 0.000111. The summed E-state index contributed by atoms with van der Waals surface area (Å²) in [5.74, 6) is 0. The minimum absolute atomic E-state index is 0.167. The van der Waals surface area contributed by atoms with E-state index in [2.05, 4.69) is 5.32 Å². The third-order valence-electron chi connectivity index (χ3n) is 3.74. The number of carbonyl (C=O) groups excluding carboxylic acids is 1. The van der Waals surface area contributed by atoms with Gasteiger partial charge in [-0.2, -0.15) is 0 Å². The monoisotopic (exact) mass is 278 g/mol. The first-order valence-corrected chi connectivity index (χ1v) is 7.00. The molecular weight excluding hydrogens is 256 g/mol.